The first kappa shape index (κ1) is 15.3. The van der Waals surface area contributed by atoms with Gasteiger partial charge in [0.1, 0.15) is 5.75 Å². The van der Waals surface area contributed by atoms with Crippen molar-refractivity contribution in [3.8, 4) is 5.75 Å². The Morgan fingerprint density at radius 3 is 2.60 bits per heavy atom. The van der Waals surface area contributed by atoms with E-state index in [4.69, 9.17) is 4.74 Å². The third-order valence-corrected chi connectivity index (χ3v) is 4.21. The third-order valence-electron chi connectivity index (χ3n) is 4.21. The Balaban J connectivity index is 1.93. The van der Waals surface area contributed by atoms with Crippen LogP contribution in [0.2, 0.25) is 0 Å². The predicted octanol–water partition coefficient (Wildman–Crippen LogP) is 3.22. The van der Waals surface area contributed by atoms with Gasteiger partial charge in [-0.05, 0) is 52.4 Å². The molecule has 1 aliphatic heterocycles. The van der Waals surface area contributed by atoms with Crippen molar-refractivity contribution in [3.05, 3.63) is 29.8 Å². The maximum atomic E-state index is 5.73. The minimum absolute atomic E-state index is 0.343. The highest BCUT2D eigenvalue weighted by molar-refractivity contribution is 5.35. The molecule has 0 amide bonds. The lowest BCUT2D eigenvalue weighted by molar-refractivity contribution is 0.199. The van der Waals surface area contributed by atoms with Gasteiger partial charge in [-0.15, -0.1) is 0 Å². The summed E-state index contributed by atoms with van der Waals surface area (Å²) in [5.41, 5.74) is 1.27. The molecule has 112 valence electrons. The fraction of sp³-hybridized carbons (Fsp3) is 0.647. The molecule has 1 atom stereocenters. The zero-order valence-electron chi connectivity index (χ0n) is 13.1. The summed E-state index contributed by atoms with van der Waals surface area (Å²) in [6, 6.07) is 9.34. The number of hydrogen-bond acceptors (Lipinski definition) is 3. The smallest absolute Gasteiger partial charge is 0.124 e. The number of piperidine rings is 1. The highest BCUT2D eigenvalue weighted by atomic mass is 16.5. The Labute approximate surface area is 123 Å². The molecule has 1 aromatic carbocycles. The molecule has 1 fully saturated rings. The van der Waals surface area contributed by atoms with E-state index in [1.807, 2.05) is 13.0 Å². The first-order chi connectivity index (χ1) is 9.74. The lowest BCUT2D eigenvalue weighted by Crippen LogP contribution is -2.43. The van der Waals surface area contributed by atoms with Crippen LogP contribution in [0, 0.1) is 0 Å². The second-order valence-electron chi connectivity index (χ2n) is 5.57. The van der Waals surface area contributed by atoms with Crippen LogP contribution in [0.25, 0.3) is 0 Å². The normalized spacial score (nSPS) is 18.9. The average molecular weight is 276 g/mol. The van der Waals surface area contributed by atoms with E-state index in [2.05, 4.69) is 42.3 Å². The molecule has 3 nitrogen and oxygen atoms in total. The monoisotopic (exact) mass is 276 g/mol. The summed E-state index contributed by atoms with van der Waals surface area (Å²) < 4.78 is 5.73. The van der Waals surface area contributed by atoms with E-state index in [9.17, 15) is 0 Å². The maximum Gasteiger partial charge on any atom is 0.124 e. The Bertz CT molecular complexity index is 400. The molecule has 0 radical (unpaired) electrons. The molecule has 0 saturated carbocycles. The number of hydrogen-bond donors (Lipinski definition) is 1. The summed E-state index contributed by atoms with van der Waals surface area (Å²) in [4.78, 5) is 2.52. The first-order valence-corrected chi connectivity index (χ1v) is 7.94. The molecule has 1 heterocycles. The van der Waals surface area contributed by atoms with Crippen molar-refractivity contribution in [2.45, 2.75) is 45.7 Å². The van der Waals surface area contributed by atoms with Crippen LogP contribution in [-0.4, -0.2) is 37.2 Å². The minimum atomic E-state index is 0.343. The van der Waals surface area contributed by atoms with Crippen LogP contribution in [0.3, 0.4) is 0 Å². The van der Waals surface area contributed by atoms with Gasteiger partial charge in [0, 0.05) is 17.6 Å². The topological polar surface area (TPSA) is 24.5 Å². The Morgan fingerprint density at radius 1 is 1.25 bits per heavy atom. The van der Waals surface area contributed by atoms with Crippen molar-refractivity contribution in [2.75, 3.05) is 26.2 Å². The van der Waals surface area contributed by atoms with Crippen molar-refractivity contribution >= 4 is 0 Å². The highest BCUT2D eigenvalue weighted by Crippen LogP contribution is 2.26. The van der Waals surface area contributed by atoms with Crippen molar-refractivity contribution in [2.24, 2.45) is 0 Å². The highest BCUT2D eigenvalue weighted by Gasteiger charge is 2.21. The summed E-state index contributed by atoms with van der Waals surface area (Å²) in [7, 11) is 0. The van der Waals surface area contributed by atoms with E-state index in [-0.39, 0.29) is 0 Å². The third kappa shape index (κ3) is 3.97. The van der Waals surface area contributed by atoms with Gasteiger partial charge in [-0.1, -0.05) is 25.1 Å². The van der Waals surface area contributed by atoms with Gasteiger partial charge in [-0.25, -0.2) is 0 Å². The predicted molar refractivity (Wildman–Crippen MR) is 84.3 cm³/mol. The molecule has 20 heavy (non-hydrogen) atoms. The fourth-order valence-electron chi connectivity index (χ4n) is 2.98. The number of nitrogens with one attached hydrogen (secondary N) is 1. The number of nitrogens with zero attached hydrogens (tertiary/aromatic N) is 1. The van der Waals surface area contributed by atoms with E-state index < -0.39 is 0 Å². The van der Waals surface area contributed by atoms with Gasteiger partial charge in [0.25, 0.3) is 0 Å². The fourth-order valence-corrected chi connectivity index (χ4v) is 2.98. The van der Waals surface area contributed by atoms with E-state index in [1.165, 1.54) is 38.0 Å². The number of benzene rings is 1. The average Bonchev–Trinajstić information content (AvgIpc) is 2.49. The van der Waals surface area contributed by atoms with Gasteiger partial charge in [0.2, 0.25) is 0 Å². The van der Waals surface area contributed by atoms with Crippen molar-refractivity contribution in [1.82, 2.24) is 10.2 Å². The molecule has 0 aromatic heterocycles. The molecule has 1 unspecified atom stereocenters. The van der Waals surface area contributed by atoms with Crippen LogP contribution in [0.15, 0.2) is 24.3 Å². The molecule has 0 aliphatic carbocycles. The lowest BCUT2D eigenvalue weighted by atomic mass is 10.0. The van der Waals surface area contributed by atoms with Gasteiger partial charge >= 0.3 is 0 Å². The van der Waals surface area contributed by atoms with Crippen LogP contribution in [-0.2, 0) is 0 Å². The number of ether oxygens (including phenoxy) is 1. The molecule has 1 aliphatic rings. The first-order valence-electron chi connectivity index (χ1n) is 7.94. The van der Waals surface area contributed by atoms with Gasteiger partial charge in [-0.2, -0.15) is 0 Å². The summed E-state index contributed by atoms with van der Waals surface area (Å²) in [6.07, 6.45) is 2.49. The standard InChI is InChI=1S/C17H28N2O/c1-4-19-12-10-15(11-13-19)18-14(3)16-8-6-7-9-17(16)20-5-2/h6-9,14-15,18H,4-5,10-13H2,1-3H3. The van der Waals surface area contributed by atoms with Gasteiger partial charge in [0.05, 0.1) is 6.61 Å². The van der Waals surface area contributed by atoms with Gasteiger partial charge in [-0.3, -0.25) is 0 Å². The van der Waals surface area contributed by atoms with Crippen LogP contribution >= 0.6 is 0 Å². The summed E-state index contributed by atoms with van der Waals surface area (Å²) in [6.45, 7) is 10.9. The summed E-state index contributed by atoms with van der Waals surface area (Å²) in [5.74, 6) is 1.01. The number of likely N-dealkylation sites (tertiary alicyclic amines) is 1. The maximum absolute atomic E-state index is 5.73. The zero-order valence-corrected chi connectivity index (χ0v) is 13.1. The molecule has 2 rings (SSSR count). The van der Waals surface area contributed by atoms with E-state index >= 15 is 0 Å². The van der Waals surface area contributed by atoms with Crippen molar-refractivity contribution in [1.29, 1.82) is 0 Å². The van der Waals surface area contributed by atoms with Crippen LogP contribution in [0.1, 0.15) is 45.2 Å². The molecule has 1 saturated heterocycles. The van der Waals surface area contributed by atoms with Gasteiger partial charge < -0.3 is 15.0 Å². The number of rotatable bonds is 6. The Hall–Kier alpha value is -1.06. The SMILES string of the molecule is CCOc1ccccc1C(C)NC1CCN(CC)CC1. The van der Waals surface area contributed by atoms with Crippen LogP contribution in [0.4, 0.5) is 0 Å². The Morgan fingerprint density at radius 2 is 1.95 bits per heavy atom. The molecule has 3 heteroatoms. The van der Waals surface area contributed by atoms with E-state index in [1.54, 1.807) is 0 Å². The molecule has 0 bridgehead atoms. The second kappa shape index (κ2) is 7.65. The molecular weight excluding hydrogens is 248 g/mol. The second-order valence-corrected chi connectivity index (χ2v) is 5.57. The largest absolute Gasteiger partial charge is 0.494 e. The van der Waals surface area contributed by atoms with Crippen molar-refractivity contribution in [3.63, 3.8) is 0 Å². The van der Waals surface area contributed by atoms with Crippen LogP contribution in [0.5, 0.6) is 5.75 Å². The summed E-state index contributed by atoms with van der Waals surface area (Å²) in [5, 5.41) is 3.77. The zero-order chi connectivity index (χ0) is 14.4. The van der Waals surface area contributed by atoms with Gasteiger partial charge in [0.15, 0.2) is 0 Å². The van der Waals surface area contributed by atoms with Crippen molar-refractivity contribution < 1.29 is 4.74 Å². The lowest BCUT2D eigenvalue weighted by Gasteiger charge is -2.33. The van der Waals surface area contributed by atoms with E-state index in [0.717, 1.165) is 12.4 Å². The minimum Gasteiger partial charge on any atom is -0.494 e. The molecule has 1 aromatic rings. The molecule has 0 spiro atoms. The van der Waals surface area contributed by atoms with E-state index in [0.29, 0.717) is 12.1 Å². The number of para-hydroxylation sites is 1. The molecular formula is C17H28N2O. The summed E-state index contributed by atoms with van der Waals surface area (Å²) >= 11 is 0. The van der Waals surface area contributed by atoms with Crippen LogP contribution < -0.4 is 10.1 Å². The molecule has 1 N–H and O–H groups in total. The Kier molecular flexibility index (Phi) is 5.86. The quantitative estimate of drug-likeness (QED) is 0.863.